The van der Waals surface area contributed by atoms with Crippen molar-refractivity contribution < 1.29 is 4.42 Å². The van der Waals surface area contributed by atoms with Gasteiger partial charge < -0.3 is 9.32 Å². The Hall–Kier alpha value is -3.45. The average molecular weight is 387 g/mol. The van der Waals surface area contributed by atoms with Gasteiger partial charge in [-0.2, -0.15) is 5.10 Å². The van der Waals surface area contributed by atoms with E-state index >= 15 is 0 Å². The van der Waals surface area contributed by atoms with Gasteiger partial charge in [0.1, 0.15) is 17.9 Å². The van der Waals surface area contributed by atoms with Gasteiger partial charge in [-0.05, 0) is 35.7 Å². The molecule has 4 aromatic heterocycles. The summed E-state index contributed by atoms with van der Waals surface area (Å²) >= 11 is 1.73. The van der Waals surface area contributed by atoms with Gasteiger partial charge in [0.15, 0.2) is 5.65 Å². The van der Waals surface area contributed by atoms with Crippen molar-refractivity contribution in [1.82, 2.24) is 19.7 Å². The van der Waals surface area contributed by atoms with E-state index in [0.29, 0.717) is 6.54 Å². The van der Waals surface area contributed by atoms with Gasteiger partial charge in [0.25, 0.3) is 0 Å². The minimum atomic E-state index is 0.619. The predicted molar refractivity (Wildman–Crippen MR) is 110 cm³/mol. The number of anilines is 1. The van der Waals surface area contributed by atoms with Crippen LogP contribution in [-0.2, 0) is 13.1 Å². The maximum atomic E-state index is 5.59. The number of aromatic nitrogens is 4. The maximum Gasteiger partial charge on any atom is 0.168 e. The molecule has 0 atom stereocenters. The van der Waals surface area contributed by atoms with E-state index in [1.54, 1.807) is 23.9 Å². The number of fused-ring (bicyclic) bond motifs is 1. The number of rotatable bonds is 6. The molecule has 0 aliphatic heterocycles. The first-order valence-electron chi connectivity index (χ1n) is 8.92. The third kappa shape index (κ3) is 3.16. The lowest BCUT2D eigenvalue weighted by molar-refractivity contribution is 0.501. The van der Waals surface area contributed by atoms with Gasteiger partial charge in [-0.3, -0.25) is 0 Å². The van der Waals surface area contributed by atoms with Crippen molar-refractivity contribution in [3.8, 4) is 5.69 Å². The fraction of sp³-hybridized carbons (Fsp3) is 0.0952. The van der Waals surface area contributed by atoms with Gasteiger partial charge in [0, 0.05) is 4.88 Å². The lowest BCUT2D eigenvalue weighted by Gasteiger charge is -2.22. The molecular formula is C21H17N5OS. The molecular weight excluding hydrogens is 370 g/mol. The van der Waals surface area contributed by atoms with Crippen LogP contribution < -0.4 is 4.90 Å². The van der Waals surface area contributed by atoms with Crippen molar-refractivity contribution in [3.63, 3.8) is 0 Å². The maximum absolute atomic E-state index is 5.59. The molecule has 7 heteroatoms. The summed E-state index contributed by atoms with van der Waals surface area (Å²) in [5.74, 6) is 1.73. The van der Waals surface area contributed by atoms with Crippen LogP contribution in [-0.4, -0.2) is 19.7 Å². The zero-order valence-electron chi connectivity index (χ0n) is 15.0. The molecule has 5 rings (SSSR count). The summed E-state index contributed by atoms with van der Waals surface area (Å²) in [4.78, 5) is 12.6. The summed E-state index contributed by atoms with van der Waals surface area (Å²) in [6, 6.07) is 18.1. The van der Waals surface area contributed by atoms with E-state index < -0.39 is 0 Å². The summed E-state index contributed by atoms with van der Waals surface area (Å²) < 4.78 is 7.43. The molecule has 138 valence electrons. The molecule has 0 aliphatic rings. The normalized spacial score (nSPS) is 11.1. The summed E-state index contributed by atoms with van der Waals surface area (Å²) in [6.07, 6.45) is 5.13. The van der Waals surface area contributed by atoms with Gasteiger partial charge in [-0.15, -0.1) is 11.3 Å². The largest absolute Gasteiger partial charge is 0.467 e. The molecule has 0 unspecified atom stereocenters. The van der Waals surface area contributed by atoms with E-state index in [0.717, 1.165) is 34.8 Å². The predicted octanol–water partition coefficient (Wildman–Crippen LogP) is 4.68. The number of thiophene rings is 1. The molecule has 1 aromatic carbocycles. The molecule has 0 fully saturated rings. The number of hydrogen-bond acceptors (Lipinski definition) is 6. The van der Waals surface area contributed by atoms with Gasteiger partial charge in [-0.25, -0.2) is 14.6 Å². The van der Waals surface area contributed by atoms with Crippen LogP contribution in [0, 0.1) is 0 Å². The fourth-order valence-electron chi connectivity index (χ4n) is 3.23. The van der Waals surface area contributed by atoms with E-state index in [2.05, 4.69) is 37.5 Å². The van der Waals surface area contributed by atoms with Crippen molar-refractivity contribution in [3.05, 3.63) is 89.4 Å². The molecule has 0 saturated heterocycles. The summed E-state index contributed by atoms with van der Waals surface area (Å²) in [6.45, 7) is 1.36. The number of benzene rings is 1. The zero-order chi connectivity index (χ0) is 18.8. The van der Waals surface area contributed by atoms with E-state index in [1.807, 2.05) is 53.3 Å². The third-order valence-electron chi connectivity index (χ3n) is 4.50. The zero-order valence-corrected chi connectivity index (χ0v) is 15.8. The van der Waals surface area contributed by atoms with Crippen LogP contribution in [0.5, 0.6) is 0 Å². The first-order chi connectivity index (χ1) is 13.9. The van der Waals surface area contributed by atoms with Crippen molar-refractivity contribution in [2.75, 3.05) is 4.90 Å². The first kappa shape index (κ1) is 16.7. The Bertz CT molecular complexity index is 1130. The number of para-hydroxylation sites is 1. The highest BCUT2D eigenvalue weighted by Gasteiger charge is 2.18. The molecule has 0 radical (unpaired) electrons. The third-order valence-corrected chi connectivity index (χ3v) is 5.36. The van der Waals surface area contributed by atoms with Crippen molar-refractivity contribution in [1.29, 1.82) is 0 Å². The number of nitrogens with zero attached hydrogens (tertiary/aromatic N) is 5. The van der Waals surface area contributed by atoms with E-state index in [4.69, 9.17) is 4.42 Å². The minimum absolute atomic E-state index is 0.619. The second kappa shape index (κ2) is 7.28. The van der Waals surface area contributed by atoms with Crippen LogP contribution >= 0.6 is 11.3 Å². The highest BCUT2D eigenvalue weighted by molar-refractivity contribution is 7.09. The van der Waals surface area contributed by atoms with Gasteiger partial charge in [-0.1, -0.05) is 24.3 Å². The Labute approximate surface area is 165 Å². The Morgan fingerprint density at radius 3 is 2.68 bits per heavy atom. The summed E-state index contributed by atoms with van der Waals surface area (Å²) in [5, 5.41) is 7.57. The number of furan rings is 1. The second-order valence-electron chi connectivity index (χ2n) is 6.34. The molecule has 0 spiro atoms. The lowest BCUT2D eigenvalue weighted by Crippen LogP contribution is -2.22. The molecule has 0 N–H and O–H groups in total. The Kier molecular flexibility index (Phi) is 4.34. The van der Waals surface area contributed by atoms with Crippen molar-refractivity contribution >= 4 is 28.2 Å². The highest BCUT2D eigenvalue weighted by Crippen LogP contribution is 2.28. The van der Waals surface area contributed by atoms with E-state index in [1.165, 1.54) is 4.88 Å². The quantitative estimate of drug-likeness (QED) is 0.423. The second-order valence-corrected chi connectivity index (χ2v) is 7.37. The van der Waals surface area contributed by atoms with Gasteiger partial charge in [0.2, 0.25) is 0 Å². The topological polar surface area (TPSA) is 60.0 Å². The highest BCUT2D eigenvalue weighted by atomic mass is 32.1. The monoisotopic (exact) mass is 387 g/mol. The van der Waals surface area contributed by atoms with E-state index in [-0.39, 0.29) is 0 Å². The summed E-state index contributed by atoms with van der Waals surface area (Å²) in [5.41, 5.74) is 1.75. The van der Waals surface area contributed by atoms with E-state index in [9.17, 15) is 0 Å². The Morgan fingerprint density at radius 1 is 0.964 bits per heavy atom. The molecule has 0 amide bonds. The van der Waals surface area contributed by atoms with Gasteiger partial charge >= 0.3 is 0 Å². The lowest BCUT2D eigenvalue weighted by atomic mass is 10.3. The van der Waals surface area contributed by atoms with Crippen LogP contribution in [0.3, 0.4) is 0 Å². The van der Waals surface area contributed by atoms with Crippen molar-refractivity contribution in [2.45, 2.75) is 13.1 Å². The standard InChI is InChI=1S/C21H17N5OS/c1-2-6-16(7-3-1)26-21-19(12-24-26)20(22-15-23-21)25(13-17-8-4-10-27-17)14-18-9-5-11-28-18/h1-12,15H,13-14H2. The first-order valence-corrected chi connectivity index (χ1v) is 9.80. The van der Waals surface area contributed by atoms with Crippen LogP contribution in [0.1, 0.15) is 10.6 Å². The van der Waals surface area contributed by atoms with Crippen molar-refractivity contribution in [2.24, 2.45) is 0 Å². The number of hydrogen-bond donors (Lipinski definition) is 0. The fourth-order valence-corrected chi connectivity index (χ4v) is 3.95. The summed E-state index contributed by atoms with van der Waals surface area (Å²) in [7, 11) is 0. The smallest absolute Gasteiger partial charge is 0.168 e. The molecule has 0 bridgehead atoms. The average Bonchev–Trinajstić information content (AvgIpc) is 3.50. The van der Waals surface area contributed by atoms with Gasteiger partial charge in [0.05, 0.1) is 36.6 Å². The molecule has 0 saturated carbocycles. The van der Waals surface area contributed by atoms with Crippen LogP contribution in [0.25, 0.3) is 16.7 Å². The Morgan fingerprint density at radius 2 is 1.89 bits per heavy atom. The van der Waals surface area contributed by atoms with Crippen LogP contribution in [0.4, 0.5) is 5.82 Å². The SMILES string of the molecule is c1ccc(-n2ncc3c(N(Cc4ccco4)Cc4cccs4)ncnc32)cc1. The molecule has 28 heavy (non-hydrogen) atoms. The molecule has 0 aliphatic carbocycles. The minimum Gasteiger partial charge on any atom is -0.467 e. The van der Waals surface area contributed by atoms with Crippen LogP contribution in [0.2, 0.25) is 0 Å². The molecule has 6 nitrogen and oxygen atoms in total. The molecule has 5 aromatic rings. The van der Waals surface area contributed by atoms with Crippen LogP contribution in [0.15, 0.2) is 83.2 Å². The molecule has 4 heterocycles. The Balaban J connectivity index is 1.59.